The molecule has 3 aliphatic carbocycles. The van der Waals surface area contributed by atoms with Crippen molar-refractivity contribution < 1.29 is 91.9 Å². The second-order valence-electron chi connectivity index (χ2n) is 27.5. The number of carbonyl (C=O) groups excluding carboxylic acids is 7. The molecule has 21 heteroatoms. The average Bonchev–Trinajstić information content (AvgIpc) is 1.42. The van der Waals surface area contributed by atoms with E-state index >= 15 is 14.4 Å². The van der Waals surface area contributed by atoms with E-state index in [1.807, 2.05) is 121 Å². The van der Waals surface area contributed by atoms with Crippen LogP contribution < -0.4 is 29.6 Å². The van der Waals surface area contributed by atoms with Gasteiger partial charge in [0.2, 0.25) is 12.2 Å². The Bertz CT molecular complexity index is 3760. The van der Waals surface area contributed by atoms with Gasteiger partial charge in [-0.3, -0.25) is 28.8 Å². The normalized spacial score (nSPS) is 28.2. The predicted octanol–water partition coefficient (Wildman–Crippen LogP) is 8.47. The first-order chi connectivity index (χ1) is 45.5. The molecule has 15 atom stereocenters. The third kappa shape index (κ3) is 13.9. The topological polar surface area (TPSA) is 298 Å². The number of Topliss-reactive ketones (excluding diaryl/α,β-unsaturated/α-hetero) is 3. The van der Waals surface area contributed by atoms with Crippen molar-refractivity contribution in [2.45, 2.75) is 199 Å². The second-order valence-corrected chi connectivity index (χ2v) is 27.5. The number of nitrogens with one attached hydrogen (secondary N) is 2. The lowest BCUT2D eigenvalue weighted by molar-refractivity contribution is -0.277. The lowest BCUT2D eigenvalue weighted by atomic mass is 9.45. The minimum absolute atomic E-state index is 0.0120. The number of ketones is 3. The number of allylic oxidation sites excluding steroid dienone is 4. The molecule has 4 bridgehead atoms. The lowest BCUT2D eigenvalue weighted by Gasteiger charge is -2.63. The molecule has 1 amide bonds. The number of hydrogen-bond acceptors (Lipinski definition) is 20. The van der Waals surface area contributed by atoms with Crippen LogP contribution >= 0.6 is 0 Å². The molecule has 4 aliphatic heterocycles. The quantitative estimate of drug-likeness (QED) is 0.0119. The Hall–Kier alpha value is -8.15. The van der Waals surface area contributed by atoms with E-state index in [4.69, 9.17) is 37.9 Å². The highest BCUT2D eigenvalue weighted by molar-refractivity contribution is 6.11. The van der Waals surface area contributed by atoms with Gasteiger partial charge in [0.25, 0.3) is 0 Å². The first-order valence-corrected chi connectivity index (χ1v) is 32.9. The van der Waals surface area contributed by atoms with Gasteiger partial charge in [0.1, 0.15) is 78.1 Å². The number of carbonyl (C=O) groups is 7. The number of esters is 3. The summed E-state index contributed by atoms with van der Waals surface area (Å²) in [7, 11) is 0. The molecule has 0 aromatic heterocycles. The van der Waals surface area contributed by atoms with Crippen LogP contribution in [-0.4, -0.2) is 139 Å². The van der Waals surface area contributed by atoms with E-state index in [-0.39, 0.29) is 84.2 Å². The summed E-state index contributed by atoms with van der Waals surface area (Å²) in [5.74, 6) is -8.51. The van der Waals surface area contributed by atoms with E-state index in [0.29, 0.717) is 18.4 Å². The van der Waals surface area contributed by atoms with Gasteiger partial charge < -0.3 is 69.0 Å². The Balaban J connectivity index is 1.06. The van der Waals surface area contributed by atoms with Crippen LogP contribution in [0.25, 0.3) is 6.08 Å². The molecule has 7 aliphatic rings. The molecule has 0 radical (unpaired) electrons. The highest BCUT2D eigenvalue weighted by Crippen LogP contribution is 2.70. The predicted molar refractivity (Wildman–Crippen MR) is 351 cm³/mol. The second kappa shape index (κ2) is 28.5. The molecule has 512 valence electrons. The third-order valence-corrected chi connectivity index (χ3v) is 19.4. The summed E-state index contributed by atoms with van der Waals surface area (Å²) < 4.78 is 51.4. The van der Waals surface area contributed by atoms with Gasteiger partial charge in [0.15, 0.2) is 34.3 Å². The van der Waals surface area contributed by atoms with Crippen LogP contribution in [0.1, 0.15) is 151 Å². The highest BCUT2D eigenvalue weighted by atomic mass is 16.7. The molecule has 3 saturated carbocycles. The number of benzene rings is 4. The van der Waals surface area contributed by atoms with Gasteiger partial charge >= 0.3 is 17.9 Å². The molecule has 5 fully saturated rings. The fraction of sp³-hybridized carbons (Fsp3) is 0.480. The van der Waals surface area contributed by atoms with Gasteiger partial charge in [-0.05, 0) is 142 Å². The van der Waals surface area contributed by atoms with Crippen molar-refractivity contribution in [1.82, 2.24) is 10.6 Å². The monoisotopic (exact) mass is 1320 g/mol. The summed E-state index contributed by atoms with van der Waals surface area (Å²) >= 11 is 0. The van der Waals surface area contributed by atoms with Crippen LogP contribution in [0.3, 0.4) is 0 Å². The van der Waals surface area contributed by atoms with Gasteiger partial charge in [-0.15, -0.1) is 0 Å². The summed E-state index contributed by atoms with van der Waals surface area (Å²) in [5.41, 5.74) is -1.76. The Labute approximate surface area is 559 Å². The molecule has 2 saturated heterocycles. The first-order valence-electron chi connectivity index (χ1n) is 32.9. The summed E-state index contributed by atoms with van der Waals surface area (Å²) in [6.45, 7) is 18.9. The van der Waals surface area contributed by atoms with Crippen molar-refractivity contribution in [1.29, 1.82) is 0 Å². The van der Waals surface area contributed by atoms with Crippen molar-refractivity contribution in [3.63, 3.8) is 0 Å². The van der Waals surface area contributed by atoms with Crippen LogP contribution in [0.5, 0.6) is 23.0 Å². The largest absolute Gasteiger partial charge is 0.482 e. The number of fused-ring (bicyclic) bond motifs is 2. The van der Waals surface area contributed by atoms with E-state index in [1.165, 1.54) is 38.1 Å². The number of rotatable bonds is 25. The Morgan fingerprint density at radius 1 is 0.740 bits per heavy atom. The number of aliphatic hydroxyl groups is 4. The van der Waals surface area contributed by atoms with Gasteiger partial charge in [-0.25, -0.2) is 4.79 Å². The molecule has 6 N–H and O–H groups in total. The highest BCUT2D eigenvalue weighted by Gasteiger charge is 2.85. The first kappa shape index (κ1) is 70.6. The van der Waals surface area contributed by atoms with Gasteiger partial charge in [-0.1, -0.05) is 97.0 Å². The summed E-state index contributed by atoms with van der Waals surface area (Å²) in [5, 5.41) is 47.0. The fourth-order valence-corrected chi connectivity index (χ4v) is 14.2. The van der Waals surface area contributed by atoms with Gasteiger partial charge in [-0.2, -0.15) is 0 Å². The molecule has 96 heavy (non-hydrogen) atoms. The standard InChI is InChI=1S/C75H88N2O19/c1-40(2)19-18-32-73(11)33-31-51-63(94-73)50(29-24-41(3)4)65-56(64(51)93-68(86)43(6)35-53(79)48-25-27-49(28-26-48)91-71-62(83)61(82)59(80)54(37-78)92-71)60(81)57-58(76-44(7)69(87)89-38-46-20-14-12-15-21-46)52-36-55-72(9,10)96-74(66(52)84,75(55,57)95-65)34-30-42(5)67(85)77-45(8)70(88)90-39-47-22-16-13-17-23-47/h12-17,19-28,30-31,33,43-45,52,54-55,57-59,61-62,71,76,78,80,82-83H,18,29,32,34-39H2,1-11H3,(H,77,85)/b42-30-/t43?,44?,45?,52?,54-,55?,57?,58?,59-,61+,62-,71-,73?,74?,75?/m1/s1. The molecule has 4 aromatic carbocycles. The van der Waals surface area contributed by atoms with E-state index in [2.05, 4.69) is 16.7 Å². The van der Waals surface area contributed by atoms with Crippen LogP contribution in [-0.2, 0) is 62.6 Å². The summed E-state index contributed by atoms with van der Waals surface area (Å²) in [4.78, 5) is 104. The molecule has 1 spiro atoms. The van der Waals surface area contributed by atoms with E-state index < -0.39 is 143 Å². The van der Waals surface area contributed by atoms with E-state index in [1.54, 1.807) is 26.0 Å². The zero-order valence-electron chi connectivity index (χ0n) is 56.2. The van der Waals surface area contributed by atoms with E-state index in [0.717, 1.165) is 22.3 Å². The van der Waals surface area contributed by atoms with Crippen molar-refractivity contribution in [2.24, 2.45) is 23.7 Å². The maximum absolute atomic E-state index is 17.0. The minimum Gasteiger partial charge on any atom is -0.482 e. The van der Waals surface area contributed by atoms with Crippen LogP contribution in [0.15, 0.2) is 126 Å². The summed E-state index contributed by atoms with van der Waals surface area (Å²) in [6, 6.07) is 20.6. The number of amides is 1. The molecule has 4 aromatic rings. The fourth-order valence-electron chi connectivity index (χ4n) is 14.2. The Morgan fingerprint density at radius 3 is 1.98 bits per heavy atom. The zero-order valence-corrected chi connectivity index (χ0v) is 56.2. The molecule has 10 unspecified atom stereocenters. The van der Waals surface area contributed by atoms with Gasteiger partial charge in [0, 0.05) is 47.4 Å². The van der Waals surface area contributed by atoms with Crippen molar-refractivity contribution >= 4 is 47.2 Å². The molecule has 4 heterocycles. The summed E-state index contributed by atoms with van der Waals surface area (Å²) in [6.07, 6.45) is 2.31. The van der Waals surface area contributed by atoms with Crippen LogP contribution in [0.4, 0.5) is 0 Å². The van der Waals surface area contributed by atoms with Gasteiger partial charge in [0.05, 0.1) is 29.6 Å². The number of hydrogen-bond donors (Lipinski definition) is 6. The Morgan fingerprint density at radius 2 is 1.36 bits per heavy atom. The molecule has 11 rings (SSSR count). The zero-order chi connectivity index (χ0) is 69.3. The van der Waals surface area contributed by atoms with Crippen molar-refractivity contribution in [3.05, 3.63) is 159 Å². The van der Waals surface area contributed by atoms with Crippen molar-refractivity contribution in [3.8, 4) is 23.0 Å². The third-order valence-electron chi connectivity index (χ3n) is 19.4. The Kier molecular flexibility index (Phi) is 21.0. The minimum atomic E-state index is -2.00. The maximum atomic E-state index is 17.0. The molecule has 21 nitrogen and oxygen atoms in total. The average molecular weight is 1320 g/mol. The number of ether oxygens (including phenoxy) is 8. The number of aliphatic hydroxyl groups excluding tert-OH is 4. The lowest BCUT2D eigenvalue weighted by Crippen LogP contribution is -2.82. The SMILES string of the molecule is CC(C)=CCCC1(C)C=Cc2c(c(CC=C(C)C)c3c(c2OC(=O)C(C)CC(=O)c2ccc(O[C@@H]4O[C@H](CO)[C@@H](O)[C@H](O)[C@H]4O)cc2)C(=O)C2C(NC(C)C(=O)OCc4ccccc4)C4CC5C(C)(C)OC(C/C=C(/C)C(=O)NC(C)C(=O)OCc6ccccc6)(C4=O)C25O3)O1. The van der Waals surface area contributed by atoms with Crippen LogP contribution in [0.2, 0.25) is 0 Å². The van der Waals surface area contributed by atoms with E-state index in [9.17, 15) is 39.6 Å². The smallest absolute Gasteiger partial charge is 0.328 e. The molecular weight excluding hydrogens is 1230 g/mol. The van der Waals surface area contributed by atoms with Crippen LogP contribution in [0, 0.1) is 23.7 Å². The maximum Gasteiger partial charge on any atom is 0.328 e. The molecular formula is C75H88N2O19. The van der Waals surface area contributed by atoms with Crippen molar-refractivity contribution in [2.75, 3.05) is 6.61 Å².